The number of anilines is 1. The van der Waals surface area contributed by atoms with Gasteiger partial charge in [0.2, 0.25) is 0 Å². The van der Waals surface area contributed by atoms with Crippen molar-refractivity contribution in [3.63, 3.8) is 0 Å². The summed E-state index contributed by atoms with van der Waals surface area (Å²) in [7, 11) is 1.91. The zero-order valence-electron chi connectivity index (χ0n) is 8.24. The maximum atomic E-state index is 5.95. The first-order valence-electron chi connectivity index (χ1n) is 4.20. The van der Waals surface area contributed by atoms with E-state index >= 15 is 0 Å². The lowest BCUT2D eigenvalue weighted by molar-refractivity contribution is 1.38. The van der Waals surface area contributed by atoms with Crippen molar-refractivity contribution in [1.82, 2.24) is 0 Å². The van der Waals surface area contributed by atoms with Crippen LogP contribution in [0.3, 0.4) is 0 Å². The third kappa shape index (κ3) is 2.04. The molecule has 0 fully saturated rings. The molecule has 0 aliphatic heterocycles. The van der Waals surface area contributed by atoms with Crippen molar-refractivity contribution in [2.45, 2.75) is 13.8 Å². The summed E-state index contributed by atoms with van der Waals surface area (Å²) in [6.45, 7) is 7.93. The molecule has 1 nitrogen and oxygen atoms in total. The molecule has 70 valence electrons. The highest BCUT2D eigenvalue weighted by Crippen LogP contribution is 2.29. The molecule has 1 N–H and O–H groups in total. The summed E-state index contributed by atoms with van der Waals surface area (Å²) < 4.78 is 0. The highest BCUT2D eigenvalue weighted by atomic mass is 35.5. The van der Waals surface area contributed by atoms with Crippen LogP contribution in [0.4, 0.5) is 5.69 Å². The number of hydrogen-bond acceptors (Lipinski definition) is 1. The minimum Gasteiger partial charge on any atom is -0.387 e. The summed E-state index contributed by atoms with van der Waals surface area (Å²) in [4.78, 5) is 0. The molecular formula is C11H14ClN. The molecule has 0 saturated carbocycles. The third-order valence-electron chi connectivity index (χ3n) is 2.01. The number of hydrogen-bond donors (Lipinski definition) is 1. The van der Waals surface area contributed by atoms with Crippen molar-refractivity contribution in [2.75, 3.05) is 12.4 Å². The lowest BCUT2D eigenvalue weighted by atomic mass is 10.0. The van der Waals surface area contributed by atoms with Crippen molar-refractivity contribution in [1.29, 1.82) is 0 Å². The van der Waals surface area contributed by atoms with E-state index in [9.17, 15) is 0 Å². The summed E-state index contributed by atoms with van der Waals surface area (Å²) in [5.41, 5.74) is 4.37. The van der Waals surface area contributed by atoms with Gasteiger partial charge >= 0.3 is 0 Å². The highest BCUT2D eigenvalue weighted by Gasteiger charge is 2.06. The SMILES string of the molecule is C=C(C)c1cc(Cl)cc(C)c1NC. The predicted octanol–water partition coefficient (Wildman–Crippen LogP) is 3.72. The maximum absolute atomic E-state index is 5.95. The topological polar surface area (TPSA) is 12.0 Å². The first-order chi connectivity index (χ1) is 6.06. The third-order valence-corrected chi connectivity index (χ3v) is 2.23. The van der Waals surface area contributed by atoms with E-state index in [4.69, 9.17) is 11.6 Å². The highest BCUT2D eigenvalue weighted by molar-refractivity contribution is 6.31. The number of rotatable bonds is 2. The van der Waals surface area contributed by atoms with E-state index in [1.54, 1.807) is 0 Å². The smallest absolute Gasteiger partial charge is 0.0444 e. The average Bonchev–Trinajstić information content (AvgIpc) is 2.02. The Hall–Kier alpha value is -0.950. The Kier molecular flexibility index (Phi) is 2.99. The van der Waals surface area contributed by atoms with Crippen LogP contribution in [0.2, 0.25) is 5.02 Å². The van der Waals surface area contributed by atoms with E-state index in [2.05, 4.69) is 11.9 Å². The van der Waals surface area contributed by atoms with Gasteiger partial charge in [-0.1, -0.05) is 18.2 Å². The Morgan fingerprint density at radius 1 is 1.46 bits per heavy atom. The molecule has 0 aliphatic rings. The van der Waals surface area contributed by atoms with E-state index in [-0.39, 0.29) is 0 Å². The van der Waals surface area contributed by atoms with Crippen LogP contribution in [-0.4, -0.2) is 7.05 Å². The molecule has 0 spiro atoms. The molecule has 1 rings (SSSR count). The van der Waals surface area contributed by atoms with Gasteiger partial charge in [0.15, 0.2) is 0 Å². The van der Waals surface area contributed by atoms with E-state index in [1.165, 1.54) is 0 Å². The fourth-order valence-electron chi connectivity index (χ4n) is 1.41. The van der Waals surface area contributed by atoms with Gasteiger partial charge in [0.1, 0.15) is 0 Å². The molecule has 2 heteroatoms. The summed E-state index contributed by atoms with van der Waals surface area (Å²) in [6.07, 6.45) is 0. The van der Waals surface area contributed by atoms with E-state index in [0.717, 1.165) is 27.4 Å². The summed E-state index contributed by atoms with van der Waals surface area (Å²) in [6, 6.07) is 3.88. The molecule has 0 unspecified atom stereocenters. The van der Waals surface area contributed by atoms with Crippen LogP contribution < -0.4 is 5.32 Å². The molecule has 0 amide bonds. The maximum Gasteiger partial charge on any atom is 0.0444 e. The lowest BCUT2D eigenvalue weighted by Crippen LogP contribution is -1.96. The molecule has 1 aromatic carbocycles. The summed E-state index contributed by atoms with van der Waals surface area (Å²) >= 11 is 5.95. The van der Waals surface area contributed by atoms with Crippen molar-refractivity contribution < 1.29 is 0 Å². The first-order valence-corrected chi connectivity index (χ1v) is 4.58. The predicted molar refractivity (Wildman–Crippen MR) is 60.4 cm³/mol. The largest absolute Gasteiger partial charge is 0.387 e. The number of halogens is 1. The summed E-state index contributed by atoms with van der Waals surface area (Å²) in [5, 5.41) is 3.91. The Morgan fingerprint density at radius 2 is 2.08 bits per heavy atom. The van der Waals surface area contributed by atoms with Gasteiger partial charge in [0.25, 0.3) is 0 Å². The lowest BCUT2D eigenvalue weighted by Gasteiger charge is -2.12. The quantitative estimate of drug-likeness (QED) is 0.759. The number of nitrogens with one attached hydrogen (secondary N) is 1. The van der Waals surface area contributed by atoms with Crippen LogP contribution in [0.1, 0.15) is 18.1 Å². The second-order valence-corrected chi connectivity index (χ2v) is 3.61. The van der Waals surface area contributed by atoms with Gasteiger partial charge in [0, 0.05) is 23.3 Å². The van der Waals surface area contributed by atoms with Crippen LogP contribution in [-0.2, 0) is 0 Å². The van der Waals surface area contributed by atoms with Gasteiger partial charge in [-0.05, 0) is 37.1 Å². The first kappa shape index (κ1) is 10.1. The Morgan fingerprint density at radius 3 is 2.54 bits per heavy atom. The van der Waals surface area contributed by atoms with Gasteiger partial charge in [-0.2, -0.15) is 0 Å². The van der Waals surface area contributed by atoms with Crippen LogP contribution in [0.15, 0.2) is 18.7 Å². The molecule has 1 aromatic rings. The normalized spacial score (nSPS) is 9.85. The van der Waals surface area contributed by atoms with Crippen LogP contribution >= 0.6 is 11.6 Å². The summed E-state index contributed by atoms with van der Waals surface area (Å²) in [5.74, 6) is 0. The zero-order chi connectivity index (χ0) is 10.0. The van der Waals surface area contributed by atoms with Crippen molar-refractivity contribution in [3.8, 4) is 0 Å². The minimum atomic E-state index is 0.759. The standard InChI is InChI=1S/C11H14ClN/c1-7(2)10-6-9(12)5-8(3)11(10)13-4/h5-6,13H,1H2,2-4H3. The Balaban J connectivity index is 3.38. The second-order valence-electron chi connectivity index (χ2n) is 3.18. The number of benzene rings is 1. The molecule has 0 aromatic heterocycles. The van der Waals surface area contributed by atoms with Crippen LogP contribution in [0.25, 0.3) is 5.57 Å². The van der Waals surface area contributed by atoms with E-state index in [1.807, 2.05) is 33.0 Å². The molecule has 13 heavy (non-hydrogen) atoms. The van der Waals surface area contributed by atoms with Gasteiger partial charge < -0.3 is 5.32 Å². The molecule has 0 aliphatic carbocycles. The van der Waals surface area contributed by atoms with Gasteiger partial charge in [-0.25, -0.2) is 0 Å². The monoisotopic (exact) mass is 195 g/mol. The molecule has 0 saturated heterocycles. The zero-order valence-corrected chi connectivity index (χ0v) is 9.00. The van der Waals surface area contributed by atoms with Crippen LogP contribution in [0.5, 0.6) is 0 Å². The van der Waals surface area contributed by atoms with Crippen LogP contribution in [0, 0.1) is 6.92 Å². The number of aryl methyl sites for hydroxylation is 1. The van der Waals surface area contributed by atoms with Crippen molar-refractivity contribution >= 4 is 22.9 Å². The molecular weight excluding hydrogens is 182 g/mol. The molecule has 0 atom stereocenters. The fraction of sp³-hybridized carbons (Fsp3) is 0.273. The van der Waals surface area contributed by atoms with E-state index < -0.39 is 0 Å². The average molecular weight is 196 g/mol. The van der Waals surface area contributed by atoms with Gasteiger partial charge in [-0.3, -0.25) is 0 Å². The van der Waals surface area contributed by atoms with Gasteiger partial charge in [-0.15, -0.1) is 0 Å². The van der Waals surface area contributed by atoms with Gasteiger partial charge in [0.05, 0.1) is 0 Å². The molecule has 0 heterocycles. The van der Waals surface area contributed by atoms with E-state index in [0.29, 0.717) is 0 Å². The second kappa shape index (κ2) is 3.84. The fourth-order valence-corrected chi connectivity index (χ4v) is 1.68. The van der Waals surface area contributed by atoms with Crippen molar-refractivity contribution in [3.05, 3.63) is 34.9 Å². The van der Waals surface area contributed by atoms with Crippen molar-refractivity contribution in [2.24, 2.45) is 0 Å². The number of allylic oxidation sites excluding steroid dienone is 1. The molecule has 0 bridgehead atoms. The Labute approximate surface area is 84.4 Å². The minimum absolute atomic E-state index is 0.759. The Bertz CT molecular complexity index is 342. The molecule has 0 radical (unpaired) electrons.